The van der Waals surface area contributed by atoms with E-state index in [1.807, 2.05) is 0 Å². The Kier molecular flexibility index (Phi) is 8.03. The minimum absolute atomic E-state index is 0. The average molecular weight is 400 g/mol. The van der Waals surface area contributed by atoms with E-state index in [1.54, 1.807) is 0 Å². The number of aliphatic hydroxyl groups is 1. The lowest BCUT2D eigenvalue weighted by atomic mass is 9.99. The Bertz CT molecular complexity index is 462. The molecule has 0 radical (unpaired) electrons. The van der Waals surface area contributed by atoms with Crippen molar-refractivity contribution in [3.8, 4) is 5.75 Å². The Morgan fingerprint density at radius 1 is 1.32 bits per heavy atom. The Morgan fingerprint density at radius 3 is 2.41 bits per heavy atom. The van der Waals surface area contributed by atoms with E-state index in [9.17, 15) is 13.9 Å². The molecule has 1 aromatic rings. The van der Waals surface area contributed by atoms with E-state index in [-0.39, 0.29) is 19.0 Å². The van der Waals surface area contributed by atoms with Crippen LogP contribution in [0.3, 0.4) is 0 Å². The van der Waals surface area contributed by atoms with Crippen LogP contribution in [0.1, 0.15) is 19.8 Å². The molecule has 1 unspecified atom stereocenters. The molecule has 1 fully saturated rings. The SMILES string of the molecule is CC1CCN(CC(O)COc2c(F)cc(Br)cc2F)CC1.[Cl-]. The molecule has 0 bridgehead atoms. The molecule has 1 aliphatic rings. The number of aliphatic hydroxyl groups excluding tert-OH is 1. The van der Waals surface area contributed by atoms with Gasteiger partial charge in [0, 0.05) is 11.0 Å². The zero-order valence-corrected chi connectivity index (χ0v) is 14.7. The number of halogens is 4. The lowest BCUT2D eigenvalue weighted by molar-refractivity contribution is -0.00000800. The van der Waals surface area contributed by atoms with Gasteiger partial charge in [-0.05, 0) is 44.0 Å². The molecule has 1 atom stereocenters. The second-order valence-corrected chi connectivity index (χ2v) is 6.56. The first-order valence-corrected chi connectivity index (χ1v) is 7.92. The second kappa shape index (κ2) is 9.01. The number of hydrogen-bond acceptors (Lipinski definition) is 3. The van der Waals surface area contributed by atoms with Gasteiger partial charge in [0.2, 0.25) is 0 Å². The summed E-state index contributed by atoms with van der Waals surface area (Å²) in [6.45, 7) is 4.45. The fraction of sp³-hybridized carbons (Fsp3) is 0.600. The molecule has 2 rings (SSSR count). The summed E-state index contributed by atoms with van der Waals surface area (Å²) in [5, 5.41) is 9.94. The number of likely N-dealkylation sites (tertiary alicyclic amines) is 1. The van der Waals surface area contributed by atoms with Crippen LogP contribution in [-0.4, -0.2) is 42.4 Å². The smallest absolute Gasteiger partial charge is 0.190 e. The summed E-state index contributed by atoms with van der Waals surface area (Å²) >= 11 is 3.01. The second-order valence-electron chi connectivity index (χ2n) is 5.65. The normalized spacial score (nSPS) is 17.9. The zero-order valence-electron chi connectivity index (χ0n) is 12.4. The van der Waals surface area contributed by atoms with Gasteiger partial charge in [-0.25, -0.2) is 8.78 Å². The van der Waals surface area contributed by atoms with Crippen LogP contribution < -0.4 is 17.1 Å². The molecule has 0 amide bonds. The molecule has 0 aromatic heterocycles. The molecule has 22 heavy (non-hydrogen) atoms. The largest absolute Gasteiger partial charge is 1.00 e. The molecule has 7 heteroatoms. The molecular formula is C15H20BrClF2NO2-. The van der Waals surface area contributed by atoms with Crippen LogP contribution in [0.2, 0.25) is 0 Å². The van der Waals surface area contributed by atoms with Crippen LogP contribution in [0.5, 0.6) is 5.75 Å². The van der Waals surface area contributed by atoms with Crippen molar-refractivity contribution < 1.29 is 31.0 Å². The Hall–Kier alpha value is -0.430. The minimum Gasteiger partial charge on any atom is -1.00 e. The van der Waals surface area contributed by atoms with Gasteiger partial charge in [-0.2, -0.15) is 0 Å². The lowest BCUT2D eigenvalue weighted by Gasteiger charge is -2.31. The van der Waals surface area contributed by atoms with Gasteiger partial charge < -0.3 is 27.2 Å². The fourth-order valence-corrected chi connectivity index (χ4v) is 2.84. The van der Waals surface area contributed by atoms with E-state index in [4.69, 9.17) is 4.74 Å². The summed E-state index contributed by atoms with van der Waals surface area (Å²) in [6.07, 6.45) is 1.47. The van der Waals surface area contributed by atoms with Gasteiger partial charge in [0.25, 0.3) is 0 Å². The summed E-state index contributed by atoms with van der Waals surface area (Å²) < 4.78 is 32.6. The zero-order chi connectivity index (χ0) is 15.4. The number of nitrogens with zero attached hydrogens (tertiary/aromatic N) is 1. The van der Waals surface area contributed by atoms with Gasteiger partial charge >= 0.3 is 0 Å². The van der Waals surface area contributed by atoms with Crippen molar-refractivity contribution in [1.82, 2.24) is 4.90 Å². The van der Waals surface area contributed by atoms with E-state index >= 15 is 0 Å². The molecule has 0 spiro atoms. The van der Waals surface area contributed by atoms with Crippen molar-refractivity contribution in [3.63, 3.8) is 0 Å². The lowest BCUT2D eigenvalue weighted by Crippen LogP contribution is -3.00. The molecule has 1 aliphatic heterocycles. The maximum absolute atomic E-state index is 13.6. The third kappa shape index (κ3) is 5.65. The molecule has 1 N–H and O–H groups in total. The summed E-state index contributed by atoms with van der Waals surface area (Å²) in [5.74, 6) is -1.27. The Labute approximate surface area is 144 Å². The molecule has 0 aliphatic carbocycles. The van der Waals surface area contributed by atoms with Gasteiger partial charge in [-0.1, -0.05) is 22.9 Å². The van der Waals surface area contributed by atoms with E-state index in [0.29, 0.717) is 11.0 Å². The highest BCUT2D eigenvalue weighted by molar-refractivity contribution is 9.10. The van der Waals surface area contributed by atoms with Crippen molar-refractivity contribution in [2.24, 2.45) is 5.92 Å². The van der Waals surface area contributed by atoms with Crippen LogP contribution in [0.25, 0.3) is 0 Å². The van der Waals surface area contributed by atoms with Crippen molar-refractivity contribution in [2.45, 2.75) is 25.9 Å². The molecule has 1 aromatic carbocycles. The minimum atomic E-state index is -0.777. The van der Waals surface area contributed by atoms with E-state index in [1.165, 1.54) is 0 Å². The number of piperidine rings is 1. The molecule has 0 saturated carbocycles. The highest BCUT2D eigenvalue weighted by Gasteiger charge is 2.19. The van der Waals surface area contributed by atoms with Crippen molar-refractivity contribution in [1.29, 1.82) is 0 Å². The molecular weight excluding hydrogens is 380 g/mol. The fourth-order valence-electron chi connectivity index (χ4n) is 2.44. The third-order valence-electron chi connectivity index (χ3n) is 3.73. The number of ether oxygens (including phenoxy) is 1. The average Bonchev–Trinajstić information content (AvgIpc) is 2.40. The summed E-state index contributed by atoms with van der Waals surface area (Å²) in [5.41, 5.74) is 0. The third-order valence-corrected chi connectivity index (χ3v) is 4.19. The van der Waals surface area contributed by atoms with Gasteiger partial charge in [-0.3, -0.25) is 0 Å². The van der Waals surface area contributed by atoms with Crippen LogP contribution in [0.4, 0.5) is 8.78 Å². The topological polar surface area (TPSA) is 32.7 Å². The van der Waals surface area contributed by atoms with Crippen LogP contribution in [0.15, 0.2) is 16.6 Å². The highest BCUT2D eigenvalue weighted by atomic mass is 79.9. The maximum Gasteiger partial charge on any atom is 0.190 e. The van der Waals surface area contributed by atoms with Crippen LogP contribution in [-0.2, 0) is 0 Å². The predicted octanol–water partition coefficient (Wildman–Crippen LogP) is 0.203. The summed E-state index contributed by atoms with van der Waals surface area (Å²) in [6, 6.07) is 2.27. The van der Waals surface area contributed by atoms with Crippen molar-refractivity contribution in [3.05, 3.63) is 28.2 Å². The molecule has 1 saturated heterocycles. The van der Waals surface area contributed by atoms with Crippen LogP contribution in [0, 0.1) is 17.6 Å². The van der Waals surface area contributed by atoms with E-state index in [2.05, 4.69) is 27.8 Å². The summed E-state index contributed by atoms with van der Waals surface area (Å²) in [7, 11) is 0. The first-order chi connectivity index (χ1) is 9.95. The first-order valence-electron chi connectivity index (χ1n) is 7.13. The van der Waals surface area contributed by atoms with Crippen LogP contribution >= 0.6 is 15.9 Å². The maximum atomic E-state index is 13.6. The molecule has 1 heterocycles. The first kappa shape index (κ1) is 19.6. The number of hydrogen-bond donors (Lipinski definition) is 1. The number of β-amino-alcohol motifs (C(OH)–C–C–N with tert-alkyl or cyclic N) is 1. The number of benzene rings is 1. The quantitative estimate of drug-likeness (QED) is 0.768. The predicted molar refractivity (Wildman–Crippen MR) is 80.4 cm³/mol. The Morgan fingerprint density at radius 2 is 1.86 bits per heavy atom. The summed E-state index contributed by atoms with van der Waals surface area (Å²) in [4.78, 5) is 2.16. The monoisotopic (exact) mass is 398 g/mol. The van der Waals surface area contributed by atoms with Gasteiger partial charge in [-0.15, -0.1) is 0 Å². The van der Waals surface area contributed by atoms with Crippen molar-refractivity contribution >= 4 is 15.9 Å². The van der Waals surface area contributed by atoms with Gasteiger partial charge in [0.15, 0.2) is 17.4 Å². The van der Waals surface area contributed by atoms with E-state index < -0.39 is 23.5 Å². The molecule has 126 valence electrons. The highest BCUT2D eigenvalue weighted by Crippen LogP contribution is 2.26. The molecule has 3 nitrogen and oxygen atoms in total. The standard InChI is InChI=1S/C15H20BrF2NO2.ClH/c1-10-2-4-19(5-3-10)8-12(20)9-21-15-13(17)6-11(16)7-14(15)18;/h6-7,10,12,20H,2-5,8-9H2,1H3;1H/p-1. The van der Waals surface area contributed by atoms with Crippen molar-refractivity contribution in [2.75, 3.05) is 26.2 Å². The van der Waals surface area contributed by atoms with Gasteiger partial charge in [0.05, 0.1) is 0 Å². The Balaban J connectivity index is 0.00000242. The van der Waals surface area contributed by atoms with Gasteiger partial charge in [0.1, 0.15) is 12.7 Å². The number of rotatable bonds is 5. The van der Waals surface area contributed by atoms with E-state index in [0.717, 1.165) is 44.0 Å².